The molecule has 0 saturated carbocycles. The first-order chi connectivity index (χ1) is 13.8. The van der Waals surface area contributed by atoms with E-state index in [0.29, 0.717) is 5.92 Å². The molecular formula is C22H33N5O2. The van der Waals surface area contributed by atoms with E-state index in [-0.39, 0.29) is 17.1 Å². The Balaban J connectivity index is 1.32. The van der Waals surface area contributed by atoms with E-state index in [1.807, 2.05) is 17.9 Å². The number of fused-ring (bicyclic) bond motifs is 1. The van der Waals surface area contributed by atoms with Gasteiger partial charge < -0.3 is 9.64 Å². The van der Waals surface area contributed by atoms with Crippen molar-refractivity contribution < 1.29 is 4.74 Å². The maximum absolute atomic E-state index is 12.5. The van der Waals surface area contributed by atoms with Gasteiger partial charge in [-0.1, -0.05) is 20.8 Å². The molecule has 2 aromatic heterocycles. The summed E-state index contributed by atoms with van der Waals surface area (Å²) in [5, 5.41) is 4.41. The van der Waals surface area contributed by atoms with Crippen molar-refractivity contribution in [2.75, 3.05) is 26.2 Å². The maximum atomic E-state index is 12.5. The van der Waals surface area contributed by atoms with Crippen LogP contribution < -0.4 is 5.56 Å². The molecular weight excluding hydrogens is 366 g/mol. The molecule has 29 heavy (non-hydrogen) atoms. The van der Waals surface area contributed by atoms with Crippen LogP contribution in [0, 0.1) is 5.92 Å². The second kappa shape index (κ2) is 8.03. The lowest BCUT2D eigenvalue weighted by molar-refractivity contribution is 0.00714. The molecule has 7 heteroatoms. The highest BCUT2D eigenvalue weighted by molar-refractivity contribution is 5.23. The third kappa shape index (κ3) is 4.46. The van der Waals surface area contributed by atoms with Crippen LogP contribution in [0.2, 0.25) is 0 Å². The molecule has 0 N–H and O–H groups in total. The van der Waals surface area contributed by atoms with Crippen molar-refractivity contribution >= 4 is 0 Å². The predicted molar refractivity (Wildman–Crippen MR) is 112 cm³/mol. The van der Waals surface area contributed by atoms with Crippen molar-refractivity contribution in [3.05, 3.63) is 45.9 Å². The fourth-order valence-corrected chi connectivity index (χ4v) is 4.43. The number of ether oxygens (including phenoxy) is 1. The molecule has 4 rings (SSSR count). The van der Waals surface area contributed by atoms with Gasteiger partial charge in [0, 0.05) is 49.3 Å². The van der Waals surface area contributed by atoms with Gasteiger partial charge in [-0.25, -0.2) is 4.98 Å². The predicted octanol–water partition coefficient (Wildman–Crippen LogP) is 2.30. The van der Waals surface area contributed by atoms with Crippen molar-refractivity contribution in [2.45, 2.75) is 58.1 Å². The highest BCUT2D eigenvalue weighted by Gasteiger charge is 2.28. The zero-order chi connectivity index (χ0) is 20.6. The summed E-state index contributed by atoms with van der Waals surface area (Å²) in [6.07, 6.45) is 6.96. The Morgan fingerprint density at radius 2 is 1.97 bits per heavy atom. The van der Waals surface area contributed by atoms with Gasteiger partial charge in [0.15, 0.2) is 0 Å². The van der Waals surface area contributed by atoms with Gasteiger partial charge in [-0.15, -0.1) is 0 Å². The highest BCUT2D eigenvalue weighted by atomic mass is 16.5. The number of rotatable bonds is 4. The normalized spacial score (nSPS) is 21.3. The van der Waals surface area contributed by atoms with E-state index in [1.54, 1.807) is 17.0 Å². The van der Waals surface area contributed by atoms with Crippen LogP contribution >= 0.6 is 0 Å². The SMILES string of the molecule is Cn1ncc2c1CCOC2CN1CCC(Cn2cnc(C(C)(C)C)cc2=O)CC1. The second-order valence-corrected chi connectivity index (χ2v) is 9.54. The lowest BCUT2D eigenvalue weighted by Gasteiger charge is -2.35. The lowest BCUT2D eigenvalue weighted by atomic mass is 9.92. The standard InChI is InChI=1S/C22H33N5O2/c1-22(2,3)20-11-21(28)27(15-23-20)13-16-5-8-26(9-6-16)14-19-17-12-24-25(4)18(17)7-10-29-19/h11-12,15-16,19H,5-10,13-14H2,1-4H3. The molecule has 0 aromatic carbocycles. The van der Waals surface area contributed by atoms with E-state index >= 15 is 0 Å². The van der Waals surface area contributed by atoms with Crippen LogP contribution in [0.5, 0.6) is 0 Å². The third-order valence-electron chi connectivity index (χ3n) is 6.33. The Morgan fingerprint density at radius 3 is 2.66 bits per heavy atom. The Hall–Kier alpha value is -1.99. The average Bonchev–Trinajstić information content (AvgIpc) is 3.06. The number of aryl methyl sites for hydroxylation is 1. The summed E-state index contributed by atoms with van der Waals surface area (Å²) in [5.74, 6) is 0.521. The number of nitrogens with zero attached hydrogens (tertiary/aromatic N) is 5. The fraction of sp³-hybridized carbons (Fsp3) is 0.682. The lowest BCUT2D eigenvalue weighted by Crippen LogP contribution is -2.39. The summed E-state index contributed by atoms with van der Waals surface area (Å²) in [5.41, 5.74) is 3.38. The minimum absolute atomic E-state index is 0.0621. The van der Waals surface area contributed by atoms with Gasteiger partial charge in [0.05, 0.1) is 30.9 Å². The summed E-state index contributed by atoms with van der Waals surface area (Å²) >= 11 is 0. The highest BCUT2D eigenvalue weighted by Crippen LogP contribution is 2.29. The molecule has 0 aliphatic carbocycles. The number of aromatic nitrogens is 4. The molecule has 4 heterocycles. The number of hydrogen-bond donors (Lipinski definition) is 0. The van der Waals surface area contributed by atoms with Crippen molar-refractivity contribution in [1.29, 1.82) is 0 Å². The van der Waals surface area contributed by atoms with Crippen molar-refractivity contribution in [1.82, 2.24) is 24.2 Å². The third-order valence-corrected chi connectivity index (χ3v) is 6.33. The zero-order valence-electron chi connectivity index (χ0n) is 18.1. The minimum Gasteiger partial charge on any atom is -0.372 e. The number of piperidine rings is 1. The molecule has 2 aromatic rings. The summed E-state index contributed by atoms with van der Waals surface area (Å²) in [6, 6.07) is 1.70. The molecule has 158 valence electrons. The average molecular weight is 400 g/mol. The maximum Gasteiger partial charge on any atom is 0.253 e. The van der Waals surface area contributed by atoms with Crippen molar-refractivity contribution in [2.24, 2.45) is 13.0 Å². The van der Waals surface area contributed by atoms with E-state index in [1.165, 1.54) is 11.3 Å². The van der Waals surface area contributed by atoms with Crippen molar-refractivity contribution in [3.8, 4) is 0 Å². The number of hydrogen-bond acceptors (Lipinski definition) is 5. The zero-order valence-corrected chi connectivity index (χ0v) is 18.1. The van der Waals surface area contributed by atoms with Gasteiger partial charge in [-0.2, -0.15) is 5.10 Å². The molecule has 1 atom stereocenters. The molecule has 7 nitrogen and oxygen atoms in total. The molecule has 1 fully saturated rings. The smallest absolute Gasteiger partial charge is 0.253 e. The molecule has 0 amide bonds. The first kappa shape index (κ1) is 20.3. The van der Waals surface area contributed by atoms with Gasteiger partial charge >= 0.3 is 0 Å². The Labute approximate surface area is 172 Å². The fourth-order valence-electron chi connectivity index (χ4n) is 4.43. The molecule has 2 aliphatic heterocycles. The van der Waals surface area contributed by atoms with Crippen LogP contribution in [0.4, 0.5) is 0 Å². The van der Waals surface area contributed by atoms with Crippen LogP contribution in [-0.2, 0) is 30.2 Å². The summed E-state index contributed by atoms with van der Waals surface area (Å²) in [4.78, 5) is 19.5. The van der Waals surface area contributed by atoms with Crippen LogP contribution in [0.1, 0.15) is 56.7 Å². The van der Waals surface area contributed by atoms with Gasteiger partial charge in [-0.3, -0.25) is 14.0 Å². The molecule has 1 saturated heterocycles. The molecule has 1 unspecified atom stereocenters. The van der Waals surface area contributed by atoms with Crippen LogP contribution in [0.15, 0.2) is 23.4 Å². The van der Waals surface area contributed by atoms with E-state index in [4.69, 9.17) is 4.74 Å². The van der Waals surface area contributed by atoms with Gasteiger partial charge in [0.2, 0.25) is 0 Å². The Kier molecular flexibility index (Phi) is 5.62. The first-order valence-corrected chi connectivity index (χ1v) is 10.7. The quantitative estimate of drug-likeness (QED) is 0.789. The molecule has 0 bridgehead atoms. The summed E-state index contributed by atoms with van der Waals surface area (Å²) in [6.45, 7) is 10.8. The van der Waals surface area contributed by atoms with Crippen LogP contribution in [-0.4, -0.2) is 50.5 Å². The molecule has 0 spiro atoms. The van der Waals surface area contributed by atoms with Crippen LogP contribution in [0.3, 0.4) is 0 Å². The molecule has 2 aliphatic rings. The van der Waals surface area contributed by atoms with E-state index in [9.17, 15) is 4.79 Å². The van der Waals surface area contributed by atoms with Crippen molar-refractivity contribution in [3.63, 3.8) is 0 Å². The monoisotopic (exact) mass is 399 g/mol. The van der Waals surface area contributed by atoms with Gasteiger partial charge in [0.25, 0.3) is 5.56 Å². The molecule has 0 radical (unpaired) electrons. The number of likely N-dealkylation sites (tertiary alicyclic amines) is 1. The summed E-state index contributed by atoms with van der Waals surface area (Å²) < 4.78 is 9.81. The Bertz CT molecular complexity index is 903. The second-order valence-electron chi connectivity index (χ2n) is 9.54. The van der Waals surface area contributed by atoms with Gasteiger partial charge in [0.1, 0.15) is 0 Å². The first-order valence-electron chi connectivity index (χ1n) is 10.7. The summed E-state index contributed by atoms with van der Waals surface area (Å²) in [7, 11) is 2.01. The Morgan fingerprint density at radius 1 is 1.21 bits per heavy atom. The van der Waals surface area contributed by atoms with Gasteiger partial charge in [-0.05, 0) is 31.8 Å². The van der Waals surface area contributed by atoms with E-state index < -0.39 is 0 Å². The topological polar surface area (TPSA) is 65.2 Å². The van der Waals surface area contributed by atoms with E-state index in [0.717, 1.165) is 57.7 Å². The largest absolute Gasteiger partial charge is 0.372 e. The van der Waals surface area contributed by atoms with Crippen LogP contribution in [0.25, 0.3) is 0 Å². The van der Waals surface area contributed by atoms with E-state index in [2.05, 4.69) is 35.8 Å². The minimum atomic E-state index is -0.0983.